The van der Waals surface area contributed by atoms with Crippen LogP contribution in [0.4, 0.5) is 0 Å². The van der Waals surface area contributed by atoms with Crippen molar-refractivity contribution in [1.82, 2.24) is 4.90 Å². The zero-order chi connectivity index (χ0) is 13.1. The topological polar surface area (TPSA) is 23.5 Å². The summed E-state index contributed by atoms with van der Waals surface area (Å²) in [5.41, 5.74) is 1.03. The number of hydrogen-bond acceptors (Lipinski definition) is 2. The van der Waals surface area contributed by atoms with Gasteiger partial charge in [-0.25, -0.2) is 0 Å². The van der Waals surface area contributed by atoms with Gasteiger partial charge in [-0.3, -0.25) is 4.90 Å². The van der Waals surface area contributed by atoms with E-state index in [4.69, 9.17) is 0 Å². The molecule has 1 aromatic carbocycles. The van der Waals surface area contributed by atoms with Crippen molar-refractivity contribution in [3.8, 4) is 5.75 Å². The Bertz CT molecular complexity index is 407. The summed E-state index contributed by atoms with van der Waals surface area (Å²) in [4.78, 5) is 2.49. The maximum atomic E-state index is 9.99. The van der Waals surface area contributed by atoms with Crippen LogP contribution in [0.25, 0.3) is 0 Å². The van der Waals surface area contributed by atoms with Crippen molar-refractivity contribution in [1.29, 1.82) is 0 Å². The van der Waals surface area contributed by atoms with E-state index >= 15 is 0 Å². The van der Waals surface area contributed by atoms with Crippen molar-refractivity contribution < 1.29 is 5.11 Å². The molecule has 1 saturated heterocycles. The third-order valence-electron chi connectivity index (χ3n) is 4.00. The summed E-state index contributed by atoms with van der Waals surface area (Å²) in [5.74, 6) is 1.25. The lowest BCUT2D eigenvalue weighted by Gasteiger charge is -2.25. The average Bonchev–Trinajstić information content (AvgIpc) is 2.80. The molecule has 2 rings (SSSR count). The molecule has 0 radical (unpaired) electrons. The van der Waals surface area contributed by atoms with Gasteiger partial charge in [-0.1, -0.05) is 29.3 Å². The Kier molecular flexibility index (Phi) is 4.68. The van der Waals surface area contributed by atoms with E-state index in [1.54, 1.807) is 6.07 Å². The zero-order valence-electron chi connectivity index (χ0n) is 11.2. The third kappa shape index (κ3) is 3.07. The van der Waals surface area contributed by atoms with E-state index in [2.05, 4.69) is 34.7 Å². The number of hydrogen-bond donors (Lipinski definition) is 1. The second-order valence-electron chi connectivity index (χ2n) is 5.32. The summed E-state index contributed by atoms with van der Waals surface area (Å²) in [6, 6.07) is 5.99. The molecule has 0 aromatic heterocycles. The Morgan fingerprint density at radius 1 is 1.50 bits per heavy atom. The van der Waals surface area contributed by atoms with Crippen molar-refractivity contribution in [2.45, 2.75) is 39.2 Å². The van der Waals surface area contributed by atoms with Crippen LogP contribution in [0.5, 0.6) is 5.75 Å². The molecular formula is C15H22BrNO. The summed E-state index contributed by atoms with van der Waals surface area (Å²) >= 11 is 3.48. The van der Waals surface area contributed by atoms with Crippen LogP contribution < -0.4 is 0 Å². The molecule has 2 nitrogen and oxygen atoms in total. The Balaban J connectivity index is 2.07. The predicted molar refractivity (Wildman–Crippen MR) is 78.8 cm³/mol. The van der Waals surface area contributed by atoms with Gasteiger partial charge in [-0.15, -0.1) is 0 Å². The molecule has 1 aliphatic heterocycles. The van der Waals surface area contributed by atoms with Crippen LogP contribution in [-0.4, -0.2) is 23.1 Å². The minimum Gasteiger partial charge on any atom is -0.508 e. The Labute approximate surface area is 118 Å². The smallest absolute Gasteiger partial charge is 0.120 e. The Morgan fingerprint density at radius 3 is 3.00 bits per heavy atom. The summed E-state index contributed by atoms with van der Waals surface area (Å²) < 4.78 is 1.03. The SMILES string of the molecule is CCCC1CCN(C(C)c2cc(Br)ccc2O)C1. The molecule has 0 spiro atoms. The molecule has 0 aliphatic carbocycles. The fraction of sp³-hybridized carbons (Fsp3) is 0.600. The highest BCUT2D eigenvalue weighted by Gasteiger charge is 2.27. The molecule has 18 heavy (non-hydrogen) atoms. The molecule has 2 unspecified atom stereocenters. The number of halogens is 1. The molecule has 2 atom stereocenters. The van der Waals surface area contributed by atoms with Crippen LogP contribution in [-0.2, 0) is 0 Å². The summed E-state index contributed by atoms with van der Waals surface area (Å²) in [6.45, 7) is 6.76. The van der Waals surface area contributed by atoms with E-state index in [1.807, 2.05) is 12.1 Å². The molecule has 0 amide bonds. The number of phenols is 1. The maximum absolute atomic E-state index is 9.99. The van der Waals surface area contributed by atoms with Crippen LogP contribution in [0.15, 0.2) is 22.7 Å². The van der Waals surface area contributed by atoms with Crippen LogP contribution in [0.3, 0.4) is 0 Å². The minimum absolute atomic E-state index is 0.296. The minimum atomic E-state index is 0.296. The van der Waals surface area contributed by atoms with E-state index in [0.717, 1.165) is 22.5 Å². The van der Waals surface area contributed by atoms with Gasteiger partial charge in [0.25, 0.3) is 0 Å². The normalized spacial score (nSPS) is 22.3. The molecule has 1 aromatic rings. The number of aromatic hydroxyl groups is 1. The van der Waals surface area contributed by atoms with Gasteiger partial charge in [-0.2, -0.15) is 0 Å². The van der Waals surface area contributed by atoms with E-state index in [9.17, 15) is 5.11 Å². The fourth-order valence-corrected chi connectivity index (χ4v) is 3.29. The molecule has 0 saturated carbocycles. The molecule has 1 N–H and O–H groups in total. The molecule has 100 valence electrons. The van der Waals surface area contributed by atoms with Crippen molar-refractivity contribution in [2.75, 3.05) is 13.1 Å². The van der Waals surface area contributed by atoms with Gasteiger partial charge >= 0.3 is 0 Å². The van der Waals surface area contributed by atoms with Gasteiger partial charge in [0.1, 0.15) is 5.75 Å². The van der Waals surface area contributed by atoms with E-state index in [-0.39, 0.29) is 0 Å². The highest BCUT2D eigenvalue weighted by atomic mass is 79.9. The third-order valence-corrected chi connectivity index (χ3v) is 4.49. The number of benzene rings is 1. The summed E-state index contributed by atoms with van der Waals surface area (Å²) in [5, 5.41) is 9.99. The molecule has 1 heterocycles. The fourth-order valence-electron chi connectivity index (χ4n) is 2.91. The average molecular weight is 312 g/mol. The van der Waals surface area contributed by atoms with Gasteiger partial charge in [0, 0.05) is 22.6 Å². The largest absolute Gasteiger partial charge is 0.508 e. The van der Waals surface area contributed by atoms with Gasteiger partial charge in [0.05, 0.1) is 0 Å². The molecule has 1 aliphatic rings. The van der Waals surface area contributed by atoms with Gasteiger partial charge in [0.15, 0.2) is 0 Å². The van der Waals surface area contributed by atoms with Crippen LogP contribution in [0.1, 0.15) is 44.7 Å². The molecule has 3 heteroatoms. The second kappa shape index (κ2) is 6.07. The quantitative estimate of drug-likeness (QED) is 0.894. The first-order valence-electron chi connectivity index (χ1n) is 6.84. The van der Waals surface area contributed by atoms with Gasteiger partial charge in [0.2, 0.25) is 0 Å². The first kappa shape index (κ1) is 13.9. The summed E-state index contributed by atoms with van der Waals surface area (Å²) in [7, 11) is 0. The van der Waals surface area contributed by atoms with E-state index in [1.165, 1.54) is 25.8 Å². The lowest BCUT2D eigenvalue weighted by molar-refractivity contribution is 0.246. The van der Waals surface area contributed by atoms with E-state index in [0.29, 0.717) is 11.8 Å². The highest BCUT2D eigenvalue weighted by molar-refractivity contribution is 9.10. The second-order valence-corrected chi connectivity index (χ2v) is 6.23. The monoisotopic (exact) mass is 311 g/mol. The Morgan fingerprint density at radius 2 is 2.28 bits per heavy atom. The highest BCUT2D eigenvalue weighted by Crippen LogP contribution is 2.34. The number of likely N-dealkylation sites (tertiary alicyclic amines) is 1. The first-order chi connectivity index (χ1) is 8.61. The van der Waals surface area contributed by atoms with Crippen molar-refractivity contribution in [3.05, 3.63) is 28.2 Å². The van der Waals surface area contributed by atoms with Gasteiger partial charge < -0.3 is 5.11 Å². The van der Waals surface area contributed by atoms with E-state index < -0.39 is 0 Å². The number of phenolic OH excluding ortho intramolecular Hbond substituents is 1. The van der Waals surface area contributed by atoms with Crippen molar-refractivity contribution in [3.63, 3.8) is 0 Å². The van der Waals surface area contributed by atoms with Crippen LogP contribution >= 0.6 is 15.9 Å². The Hall–Kier alpha value is -0.540. The number of nitrogens with zero attached hydrogens (tertiary/aromatic N) is 1. The van der Waals surface area contributed by atoms with Crippen molar-refractivity contribution in [2.24, 2.45) is 5.92 Å². The molecule has 0 bridgehead atoms. The lowest BCUT2D eigenvalue weighted by Crippen LogP contribution is -2.24. The first-order valence-corrected chi connectivity index (χ1v) is 7.63. The van der Waals surface area contributed by atoms with Crippen molar-refractivity contribution >= 4 is 15.9 Å². The van der Waals surface area contributed by atoms with Gasteiger partial charge in [-0.05, 0) is 50.4 Å². The standard InChI is InChI=1S/C15H22BrNO/c1-3-4-12-7-8-17(10-12)11(2)14-9-13(16)5-6-15(14)18/h5-6,9,11-12,18H,3-4,7-8,10H2,1-2H3. The number of rotatable bonds is 4. The summed E-state index contributed by atoms with van der Waals surface area (Å²) in [6.07, 6.45) is 3.90. The van der Waals surface area contributed by atoms with Crippen LogP contribution in [0, 0.1) is 5.92 Å². The lowest BCUT2D eigenvalue weighted by atomic mass is 10.0. The zero-order valence-corrected chi connectivity index (χ0v) is 12.8. The molecule has 1 fully saturated rings. The molecular weight excluding hydrogens is 290 g/mol. The maximum Gasteiger partial charge on any atom is 0.120 e. The van der Waals surface area contributed by atoms with Crippen LogP contribution in [0.2, 0.25) is 0 Å². The predicted octanol–water partition coefficient (Wildman–Crippen LogP) is 4.34.